The number of nitrogens with two attached hydrogens (primary N) is 1. The Balaban J connectivity index is 0.00000216. The third kappa shape index (κ3) is 9.21. The zero-order valence-electron chi connectivity index (χ0n) is 29.6. The average molecular weight is 612 g/mol. The molecule has 1 aliphatic heterocycles. The van der Waals surface area contributed by atoms with Gasteiger partial charge in [-0.1, -0.05) is 70.7 Å². The summed E-state index contributed by atoms with van der Waals surface area (Å²) in [6.07, 6.45) is 5.66. The van der Waals surface area contributed by atoms with Gasteiger partial charge in [0.05, 0.1) is 18.3 Å². The number of benzene rings is 1. The van der Waals surface area contributed by atoms with Gasteiger partial charge in [0.25, 0.3) is 11.8 Å². The van der Waals surface area contributed by atoms with Gasteiger partial charge in [-0.2, -0.15) is 0 Å². The molecule has 246 valence electrons. The highest BCUT2D eigenvalue weighted by Crippen LogP contribution is 2.39. The van der Waals surface area contributed by atoms with Crippen molar-refractivity contribution in [1.82, 2.24) is 10.4 Å². The Bertz CT molecular complexity index is 1190. The molecule has 0 saturated carbocycles. The predicted octanol–water partition coefficient (Wildman–Crippen LogP) is 7.26. The number of ether oxygens (including phenoxy) is 1. The van der Waals surface area contributed by atoms with Gasteiger partial charge >= 0.3 is 7.12 Å². The first-order valence-electron chi connectivity index (χ1n) is 16.1. The van der Waals surface area contributed by atoms with Crippen molar-refractivity contribution in [3.63, 3.8) is 0 Å². The Morgan fingerprint density at radius 3 is 2.07 bits per heavy atom. The van der Waals surface area contributed by atoms with Crippen molar-refractivity contribution < 1.29 is 23.6 Å². The van der Waals surface area contributed by atoms with Gasteiger partial charge in [0, 0.05) is 17.1 Å². The van der Waals surface area contributed by atoms with E-state index in [0.29, 0.717) is 17.6 Å². The van der Waals surface area contributed by atoms with Crippen LogP contribution in [0.5, 0.6) is 0 Å². The topological polar surface area (TPSA) is 103 Å². The Hall–Kier alpha value is -2.62. The number of allylic oxidation sites excluding steroid dienone is 2. The van der Waals surface area contributed by atoms with Crippen LogP contribution in [0.15, 0.2) is 41.2 Å². The molecular weight excluding hydrogens is 553 g/mol. The molecule has 1 heterocycles. The minimum Gasteiger partial charge on any atom is -0.500 e. The van der Waals surface area contributed by atoms with E-state index in [1.54, 1.807) is 7.11 Å². The Morgan fingerprint density at radius 2 is 1.59 bits per heavy atom. The van der Waals surface area contributed by atoms with Gasteiger partial charge in [0.15, 0.2) is 0 Å². The molecule has 2 unspecified atom stereocenters. The molecule has 2 amide bonds. The van der Waals surface area contributed by atoms with Crippen molar-refractivity contribution in [1.29, 1.82) is 0 Å². The fourth-order valence-corrected chi connectivity index (χ4v) is 5.45. The highest BCUT2D eigenvalue weighted by atomic mass is 16.7. The predicted molar refractivity (Wildman–Crippen MR) is 180 cm³/mol. The summed E-state index contributed by atoms with van der Waals surface area (Å²) in [5.41, 5.74) is 11.9. The number of nitrogens with one attached hydrogen (secondary N) is 1. The number of nitrogens with zero attached hydrogens (tertiary/aromatic N) is 1. The van der Waals surface area contributed by atoms with Gasteiger partial charge in [-0.25, -0.2) is 5.01 Å². The number of hydrazine groups is 1. The molecule has 2 aliphatic rings. The van der Waals surface area contributed by atoms with Crippen LogP contribution in [0.3, 0.4) is 0 Å². The number of carbonyl (C=O) groups is 2. The van der Waals surface area contributed by atoms with Crippen molar-refractivity contribution in [2.24, 2.45) is 17.1 Å². The molecule has 1 aromatic carbocycles. The summed E-state index contributed by atoms with van der Waals surface area (Å²) in [7, 11) is 1.41. The second kappa shape index (κ2) is 15.1. The van der Waals surface area contributed by atoms with Crippen LogP contribution >= 0.6 is 0 Å². The third-order valence-electron chi connectivity index (χ3n) is 8.58. The lowest BCUT2D eigenvalue weighted by Gasteiger charge is -2.37. The molecule has 1 fully saturated rings. The highest BCUT2D eigenvalue weighted by Gasteiger charge is 2.50. The van der Waals surface area contributed by atoms with Gasteiger partial charge in [-0.3, -0.25) is 15.0 Å². The summed E-state index contributed by atoms with van der Waals surface area (Å²) in [5, 5.41) is 1.27. The number of aryl methyl sites for hydroxylation is 2. The van der Waals surface area contributed by atoms with Crippen LogP contribution < -0.4 is 11.2 Å². The molecule has 2 atom stereocenters. The maximum Gasteiger partial charge on any atom is 0.457 e. The van der Waals surface area contributed by atoms with E-state index >= 15 is 0 Å². The minimum atomic E-state index is -0.752. The first-order valence-corrected chi connectivity index (χ1v) is 16.1. The van der Waals surface area contributed by atoms with Crippen LogP contribution in [-0.2, 0) is 18.8 Å². The number of carbonyl (C=O) groups excluding carboxylic acids is 2. The second-order valence-corrected chi connectivity index (χ2v) is 14.4. The normalized spacial score (nSPS) is 19.9. The van der Waals surface area contributed by atoms with E-state index < -0.39 is 11.6 Å². The number of hydrogen-bond acceptors (Lipinski definition) is 6. The summed E-state index contributed by atoms with van der Waals surface area (Å²) in [4.78, 5) is 27.3. The molecule has 1 aromatic rings. The van der Waals surface area contributed by atoms with Gasteiger partial charge in [0.1, 0.15) is 11.9 Å². The average Bonchev–Trinajstić information content (AvgIpc) is 3.11. The fourth-order valence-electron chi connectivity index (χ4n) is 5.45. The lowest BCUT2D eigenvalue weighted by Crippen LogP contribution is -2.60. The van der Waals surface area contributed by atoms with Crippen molar-refractivity contribution in [2.75, 3.05) is 7.11 Å². The van der Waals surface area contributed by atoms with Crippen molar-refractivity contribution >= 4 is 18.9 Å². The minimum absolute atomic E-state index is 0.142. The molecule has 9 heteroatoms. The largest absolute Gasteiger partial charge is 0.500 e. The third-order valence-corrected chi connectivity index (χ3v) is 8.58. The van der Waals surface area contributed by atoms with Crippen molar-refractivity contribution in [3.05, 3.63) is 57.9 Å². The summed E-state index contributed by atoms with van der Waals surface area (Å²) in [6.45, 7) is 24.1. The smallest absolute Gasteiger partial charge is 0.457 e. The maximum atomic E-state index is 13.7. The molecule has 0 aromatic heterocycles. The SMILES string of the molecule is CCC.COC1=C(C)C(C(=O)NN(C(=O)c2cc(C)cc(C)c2)C(N)C(C)(C)C)=CCC1CCCB1OC(C)(C)C(C)(C)O1. The molecule has 1 aliphatic carbocycles. The highest BCUT2D eigenvalue weighted by molar-refractivity contribution is 6.45. The molecule has 0 spiro atoms. The molecule has 3 rings (SSSR count). The standard InChI is InChI=1S/C32H50BN3O5.C3H8/c1-20-17-21(2)19-24(18-20)28(38)36(29(34)30(4,5)6)35-27(37)25-15-14-23(26(39-11)22(25)3)13-12-16-33-40-31(7,8)32(9,10)41-33;1-3-2/h15,17-19,23,29H,12-14,16,34H2,1-11H3,(H,35,37);3H2,1-2H3. The summed E-state index contributed by atoms with van der Waals surface area (Å²) in [6, 6.07) is 5.63. The zero-order valence-corrected chi connectivity index (χ0v) is 29.6. The number of rotatable bonds is 8. The Kier molecular flexibility index (Phi) is 12.9. The van der Waals surface area contributed by atoms with Gasteiger partial charge in [-0.15, -0.1) is 0 Å². The van der Waals surface area contributed by atoms with Crippen LogP contribution in [0.1, 0.15) is 116 Å². The Labute approximate surface area is 267 Å². The van der Waals surface area contributed by atoms with Crippen LogP contribution in [0.4, 0.5) is 0 Å². The molecule has 8 nitrogen and oxygen atoms in total. The van der Waals surface area contributed by atoms with Crippen molar-refractivity contribution in [3.8, 4) is 0 Å². The maximum absolute atomic E-state index is 13.7. The summed E-state index contributed by atoms with van der Waals surface area (Å²) < 4.78 is 18.1. The molecular formula is C35H58BN3O5. The van der Waals surface area contributed by atoms with Crippen LogP contribution in [0.2, 0.25) is 6.32 Å². The van der Waals surface area contributed by atoms with E-state index in [4.69, 9.17) is 19.8 Å². The molecule has 1 saturated heterocycles. The summed E-state index contributed by atoms with van der Waals surface area (Å²) >= 11 is 0. The van der Waals surface area contributed by atoms with Crippen LogP contribution in [-0.4, -0.2) is 48.4 Å². The zero-order chi connectivity index (χ0) is 33.6. The number of amides is 2. The van der Waals surface area contributed by atoms with E-state index in [1.807, 2.05) is 65.8 Å². The number of methoxy groups -OCH3 is 1. The van der Waals surface area contributed by atoms with Gasteiger partial charge < -0.3 is 19.8 Å². The van der Waals surface area contributed by atoms with E-state index in [-0.39, 0.29) is 36.1 Å². The Morgan fingerprint density at radius 1 is 1.07 bits per heavy atom. The van der Waals surface area contributed by atoms with Gasteiger partial charge in [-0.05, 0) is 90.7 Å². The first-order chi connectivity index (χ1) is 20.3. The lowest BCUT2D eigenvalue weighted by atomic mass is 9.79. The molecule has 0 bridgehead atoms. The van der Waals surface area contributed by atoms with Crippen LogP contribution in [0, 0.1) is 25.2 Å². The lowest BCUT2D eigenvalue weighted by molar-refractivity contribution is -0.122. The molecule has 3 N–H and O–H groups in total. The van der Waals surface area contributed by atoms with E-state index in [9.17, 15) is 9.59 Å². The monoisotopic (exact) mass is 611 g/mol. The van der Waals surface area contributed by atoms with Gasteiger partial charge in [0.2, 0.25) is 0 Å². The van der Waals surface area contributed by atoms with Crippen LogP contribution in [0.25, 0.3) is 0 Å². The number of hydrogen-bond donors (Lipinski definition) is 2. The molecule has 44 heavy (non-hydrogen) atoms. The van der Waals surface area contributed by atoms with Crippen molar-refractivity contribution in [2.45, 2.75) is 132 Å². The summed E-state index contributed by atoms with van der Waals surface area (Å²) in [5.74, 6) is 0.200. The van der Waals surface area contributed by atoms with E-state index in [1.165, 1.54) is 11.4 Å². The first kappa shape index (κ1) is 37.6. The van der Waals surface area contributed by atoms with E-state index in [0.717, 1.165) is 41.6 Å². The fraction of sp³-hybridized carbons (Fsp3) is 0.657. The molecule has 0 radical (unpaired) electrons. The van der Waals surface area contributed by atoms with E-state index in [2.05, 4.69) is 47.0 Å². The second-order valence-electron chi connectivity index (χ2n) is 14.4. The quantitative estimate of drug-likeness (QED) is 0.182.